The fourth-order valence-electron chi connectivity index (χ4n) is 1.59. The van der Waals surface area contributed by atoms with Crippen LogP contribution in [0.15, 0.2) is 6.20 Å². The summed E-state index contributed by atoms with van der Waals surface area (Å²) in [6.45, 7) is 6.73. The van der Waals surface area contributed by atoms with Crippen molar-refractivity contribution in [2.75, 3.05) is 7.11 Å². The Bertz CT molecular complexity index is 341. The summed E-state index contributed by atoms with van der Waals surface area (Å²) in [6.07, 6.45) is 3.84. The molecule has 0 aromatic carbocycles. The van der Waals surface area contributed by atoms with Gasteiger partial charge < -0.3 is 4.74 Å². The highest BCUT2D eigenvalue weighted by atomic mass is 79.9. The van der Waals surface area contributed by atoms with Gasteiger partial charge >= 0.3 is 0 Å². The van der Waals surface area contributed by atoms with E-state index in [0.29, 0.717) is 4.83 Å². The van der Waals surface area contributed by atoms with Gasteiger partial charge in [-0.2, -0.15) is 5.10 Å². The molecular formula is C12H21BrN2O. The van der Waals surface area contributed by atoms with Crippen molar-refractivity contribution in [3.05, 3.63) is 11.9 Å². The predicted octanol–water partition coefficient (Wildman–Crippen LogP) is 3.17. The van der Waals surface area contributed by atoms with Crippen LogP contribution in [0.3, 0.4) is 0 Å². The molecule has 1 unspecified atom stereocenters. The number of rotatable bonds is 4. The van der Waals surface area contributed by atoms with Crippen LogP contribution in [0.4, 0.5) is 0 Å². The highest BCUT2D eigenvalue weighted by Crippen LogP contribution is 2.30. The van der Waals surface area contributed by atoms with Crippen molar-refractivity contribution in [2.24, 2.45) is 12.5 Å². The fourth-order valence-corrected chi connectivity index (χ4v) is 1.82. The van der Waals surface area contributed by atoms with Gasteiger partial charge in [0.05, 0.1) is 19.0 Å². The van der Waals surface area contributed by atoms with Crippen LogP contribution in [-0.2, 0) is 13.5 Å². The molecule has 0 fully saturated rings. The van der Waals surface area contributed by atoms with E-state index >= 15 is 0 Å². The van der Waals surface area contributed by atoms with Crippen LogP contribution in [0, 0.1) is 5.41 Å². The zero-order valence-electron chi connectivity index (χ0n) is 10.7. The zero-order chi connectivity index (χ0) is 12.3. The molecule has 0 spiro atoms. The Labute approximate surface area is 106 Å². The van der Waals surface area contributed by atoms with Gasteiger partial charge in [-0.25, -0.2) is 0 Å². The molecule has 1 rings (SSSR count). The largest absolute Gasteiger partial charge is 0.493 e. The predicted molar refractivity (Wildman–Crippen MR) is 70.3 cm³/mol. The Morgan fingerprint density at radius 3 is 2.62 bits per heavy atom. The normalized spacial score (nSPS) is 13.9. The molecule has 1 aromatic rings. The van der Waals surface area contributed by atoms with E-state index < -0.39 is 0 Å². The van der Waals surface area contributed by atoms with Gasteiger partial charge in [-0.15, -0.1) is 0 Å². The number of hydrogen-bond acceptors (Lipinski definition) is 2. The van der Waals surface area contributed by atoms with E-state index in [1.165, 1.54) is 0 Å². The summed E-state index contributed by atoms with van der Waals surface area (Å²) in [7, 11) is 3.65. The Kier molecular flexibility index (Phi) is 4.42. The van der Waals surface area contributed by atoms with Gasteiger partial charge in [-0.3, -0.25) is 4.68 Å². The summed E-state index contributed by atoms with van der Waals surface area (Å²) in [6, 6.07) is 0. The highest BCUT2D eigenvalue weighted by Gasteiger charge is 2.22. The standard InChI is InChI=1S/C12H21BrN2O/c1-12(2,3)11(13)7-6-9-10(16-5)8-14-15(9)4/h8,11H,6-7H2,1-5H3. The molecule has 0 N–H and O–H groups in total. The number of methoxy groups -OCH3 is 1. The van der Waals surface area contributed by atoms with Gasteiger partial charge in [0.1, 0.15) is 0 Å². The molecule has 3 nitrogen and oxygen atoms in total. The minimum absolute atomic E-state index is 0.284. The Hall–Kier alpha value is -0.510. The van der Waals surface area contributed by atoms with Crippen molar-refractivity contribution in [3.8, 4) is 5.75 Å². The number of ether oxygens (including phenoxy) is 1. The van der Waals surface area contributed by atoms with E-state index in [4.69, 9.17) is 4.74 Å². The van der Waals surface area contributed by atoms with Gasteiger partial charge in [0.25, 0.3) is 0 Å². The zero-order valence-corrected chi connectivity index (χ0v) is 12.3. The van der Waals surface area contributed by atoms with E-state index in [1.807, 2.05) is 11.7 Å². The molecule has 1 aromatic heterocycles. The minimum atomic E-state index is 0.284. The first-order chi connectivity index (χ1) is 7.36. The average Bonchev–Trinajstić information content (AvgIpc) is 2.54. The molecule has 16 heavy (non-hydrogen) atoms. The molecule has 0 aliphatic carbocycles. The van der Waals surface area contributed by atoms with Crippen LogP contribution >= 0.6 is 15.9 Å². The number of aryl methyl sites for hydroxylation is 1. The second kappa shape index (κ2) is 5.21. The molecule has 0 radical (unpaired) electrons. The molecule has 1 heterocycles. The van der Waals surface area contributed by atoms with E-state index in [2.05, 4.69) is 41.8 Å². The van der Waals surface area contributed by atoms with Gasteiger partial charge in [0.15, 0.2) is 5.75 Å². The summed E-state index contributed by atoms with van der Waals surface area (Å²) in [4.78, 5) is 0.500. The lowest BCUT2D eigenvalue weighted by atomic mass is 9.89. The number of alkyl halides is 1. The summed E-state index contributed by atoms with van der Waals surface area (Å²) < 4.78 is 7.18. The van der Waals surface area contributed by atoms with Crippen LogP contribution < -0.4 is 4.74 Å². The van der Waals surface area contributed by atoms with E-state index in [9.17, 15) is 0 Å². The summed E-state index contributed by atoms with van der Waals surface area (Å²) in [5, 5.41) is 4.20. The summed E-state index contributed by atoms with van der Waals surface area (Å²) >= 11 is 3.74. The van der Waals surface area contributed by atoms with Crippen molar-refractivity contribution < 1.29 is 4.74 Å². The van der Waals surface area contributed by atoms with Gasteiger partial charge in [0.2, 0.25) is 0 Å². The third-order valence-corrected chi connectivity index (χ3v) is 4.65. The smallest absolute Gasteiger partial charge is 0.159 e. The fraction of sp³-hybridized carbons (Fsp3) is 0.750. The third kappa shape index (κ3) is 3.24. The van der Waals surface area contributed by atoms with Crippen LogP contribution in [-0.4, -0.2) is 21.7 Å². The number of aromatic nitrogens is 2. The molecule has 0 aliphatic rings. The summed E-state index contributed by atoms with van der Waals surface area (Å²) in [5.74, 6) is 0.885. The van der Waals surface area contributed by atoms with Gasteiger partial charge in [-0.05, 0) is 18.3 Å². The third-order valence-electron chi connectivity index (χ3n) is 2.82. The van der Waals surface area contributed by atoms with Crippen LogP contribution in [0.1, 0.15) is 32.9 Å². The van der Waals surface area contributed by atoms with Crippen molar-refractivity contribution >= 4 is 15.9 Å². The first-order valence-electron chi connectivity index (χ1n) is 5.55. The van der Waals surface area contributed by atoms with Crippen LogP contribution in [0.25, 0.3) is 0 Å². The van der Waals surface area contributed by atoms with E-state index in [1.54, 1.807) is 13.3 Å². The maximum absolute atomic E-state index is 5.29. The minimum Gasteiger partial charge on any atom is -0.493 e. The van der Waals surface area contributed by atoms with Gasteiger partial charge in [0, 0.05) is 11.9 Å². The molecule has 0 aliphatic heterocycles. The molecule has 0 saturated heterocycles. The number of nitrogens with zero attached hydrogens (tertiary/aromatic N) is 2. The summed E-state index contributed by atoms with van der Waals surface area (Å²) in [5.41, 5.74) is 1.45. The maximum Gasteiger partial charge on any atom is 0.159 e. The average molecular weight is 289 g/mol. The van der Waals surface area contributed by atoms with Gasteiger partial charge in [-0.1, -0.05) is 36.7 Å². The number of halogens is 1. The highest BCUT2D eigenvalue weighted by molar-refractivity contribution is 9.09. The monoisotopic (exact) mass is 288 g/mol. The molecule has 92 valence electrons. The number of hydrogen-bond donors (Lipinski definition) is 0. The van der Waals surface area contributed by atoms with Crippen LogP contribution in [0.5, 0.6) is 5.75 Å². The van der Waals surface area contributed by atoms with Crippen molar-refractivity contribution in [2.45, 2.75) is 38.4 Å². The van der Waals surface area contributed by atoms with E-state index in [0.717, 1.165) is 24.3 Å². The SMILES string of the molecule is COc1cnn(C)c1CCC(Br)C(C)(C)C. The Balaban J connectivity index is 2.64. The molecule has 0 saturated carbocycles. The molecule has 1 atom stereocenters. The molecule has 0 amide bonds. The Morgan fingerprint density at radius 1 is 1.50 bits per heavy atom. The first kappa shape index (κ1) is 13.6. The quantitative estimate of drug-likeness (QED) is 0.796. The van der Waals surface area contributed by atoms with Crippen molar-refractivity contribution in [1.29, 1.82) is 0 Å². The van der Waals surface area contributed by atoms with Crippen molar-refractivity contribution in [1.82, 2.24) is 9.78 Å². The molecular weight excluding hydrogens is 268 g/mol. The first-order valence-corrected chi connectivity index (χ1v) is 6.46. The van der Waals surface area contributed by atoms with E-state index in [-0.39, 0.29) is 5.41 Å². The lowest BCUT2D eigenvalue weighted by molar-refractivity contribution is 0.377. The van der Waals surface area contributed by atoms with Crippen molar-refractivity contribution in [3.63, 3.8) is 0 Å². The molecule has 4 heteroatoms. The topological polar surface area (TPSA) is 27.1 Å². The molecule has 0 bridgehead atoms. The second-order valence-corrected chi connectivity index (χ2v) is 6.26. The second-order valence-electron chi connectivity index (χ2n) is 5.16. The maximum atomic E-state index is 5.29. The Morgan fingerprint density at radius 2 is 2.12 bits per heavy atom. The lowest BCUT2D eigenvalue weighted by Crippen LogP contribution is -2.21. The lowest BCUT2D eigenvalue weighted by Gasteiger charge is -2.25. The van der Waals surface area contributed by atoms with Crippen LogP contribution in [0.2, 0.25) is 0 Å².